The largest absolute Gasteiger partial charge is 0.329 e. The average molecular weight is 279 g/mol. The second-order valence-electron chi connectivity index (χ2n) is 7.36. The van der Waals surface area contributed by atoms with Crippen LogP contribution in [0.1, 0.15) is 58.3 Å². The molecule has 3 heteroatoms. The molecule has 3 aliphatic rings. The van der Waals surface area contributed by atoms with Crippen molar-refractivity contribution in [3.8, 4) is 0 Å². The minimum absolute atomic E-state index is 0.334. The summed E-state index contributed by atoms with van der Waals surface area (Å²) < 4.78 is 0. The molecule has 0 radical (unpaired) electrons. The van der Waals surface area contributed by atoms with Crippen molar-refractivity contribution in [2.75, 3.05) is 32.7 Å². The molecule has 0 aromatic rings. The summed E-state index contributed by atoms with van der Waals surface area (Å²) in [4.78, 5) is 5.52. The van der Waals surface area contributed by atoms with Gasteiger partial charge in [-0.3, -0.25) is 4.90 Å². The lowest BCUT2D eigenvalue weighted by Gasteiger charge is -2.50. The minimum Gasteiger partial charge on any atom is -0.329 e. The van der Waals surface area contributed by atoms with Gasteiger partial charge in [-0.15, -0.1) is 0 Å². The highest BCUT2D eigenvalue weighted by atomic mass is 15.3. The van der Waals surface area contributed by atoms with E-state index in [0.717, 1.165) is 18.5 Å². The van der Waals surface area contributed by atoms with E-state index in [4.69, 9.17) is 5.73 Å². The first-order valence-electron chi connectivity index (χ1n) is 8.98. The van der Waals surface area contributed by atoms with Gasteiger partial charge < -0.3 is 10.6 Å². The molecule has 0 aromatic carbocycles. The zero-order valence-corrected chi connectivity index (χ0v) is 13.3. The second-order valence-corrected chi connectivity index (χ2v) is 7.36. The lowest BCUT2D eigenvalue weighted by Crippen LogP contribution is -2.61. The maximum absolute atomic E-state index is 6.30. The second kappa shape index (κ2) is 6.33. The van der Waals surface area contributed by atoms with E-state index in [9.17, 15) is 0 Å². The molecule has 0 bridgehead atoms. The van der Waals surface area contributed by atoms with Crippen LogP contribution in [0.5, 0.6) is 0 Å². The number of hydrogen-bond donors (Lipinski definition) is 1. The molecule has 2 aliphatic heterocycles. The van der Waals surface area contributed by atoms with Crippen molar-refractivity contribution in [3.63, 3.8) is 0 Å². The number of fused-ring (bicyclic) bond motifs is 1. The smallest absolute Gasteiger partial charge is 0.0359 e. The van der Waals surface area contributed by atoms with E-state index < -0.39 is 0 Å². The number of nitrogens with zero attached hydrogens (tertiary/aromatic N) is 2. The van der Waals surface area contributed by atoms with Crippen molar-refractivity contribution < 1.29 is 0 Å². The summed E-state index contributed by atoms with van der Waals surface area (Å²) in [6.07, 6.45) is 11.1. The molecule has 1 aliphatic carbocycles. The average Bonchev–Trinajstić information content (AvgIpc) is 2.93. The van der Waals surface area contributed by atoms with Gasteiger partial charge in [-0.25, -0.2) is 0 Å². The molecule has 2 unspecified atom stereocenters. The fourth-order valence-corrected chi connectivity index (χ4v) is 5.11. The van der Waals surface area contributed by atoms with Gasteiger partial charge in [-0.05, 0) is 70.6 Å². The standard InChI is InChI=1S/C17H33N3/c1-2-10-19-12-8-17(14-18,9-13-19)20-11-7-15-5-3-4-6-16(15)20/h15-16H,2-14,18H2,1H3. The van der Waals surface area contributed by atoms with E-state index in [1.165, 1.54) is 77.5 Å². The van der Waals surface area contributed by atoms with Gasteiger partial charge in [0.15, 0.2) is 0 Å². The Kier molecular flexibility index (Phi) is 4.68. The summed E-state index contributed by atoms with van der Waals surface area (Å²) >= 11 is 0. The topological polar surface area (TPSA) is 32.5 Å². The number of piperidine rings is 1. The summed E-state index contributed by atoms with van der Waals surface area (Å²) in [5, 5.41) is 0. The highest BCUT2D eigenvalue weighted by Crippen LogP contribution is 2.42. The molecule has 2 saturated heterocycles. The van der Waals surface area contributed by atoms with Crippen LogP contribution < -0.4 is 5.73 Å². The Hall–Kier alpha value is -0.120. The quantitative estimate of drug-likeness (QED) is 0.858. The zero-order valence-electron chi connectivity index (χ0n) is 13.3. The van der Waals surface area contributed by atoms with E-state index in [2.05, 4.69) is 16.7 Å². The van der Waals surface area contributed by atoms with Crippen molar-refractivity contribution in [2.45, 2.75) is 69.9 Å². The Labute approximate surface area is 124 Å². The predicted octanol–water partition coefficient (Wildman–Crippen LogP) is 2.45. The molecule has 3 rings (SSSR count). The predicted molar refractivity (Wildman–Crippen MR) is 84.8 cm³/mol. The lowest BCUT2D eigenvalue weighted by molar-refractivity contribution is 0.00364. The van der Waals surface area contributed by atoms with Crippen molar-refractivity contribution in [3.05, 3.63) is 0 Å². The number of likely N-dealkylation sites (tertiary alicyclic amines) is 2. The van der Waals surface area contributed by atoms with Gasteiger partial charge in [-0.2, -0.15) is 0 Å². The van der Waals surface area contributed by atoms with E-state index in [-0.39, 0.29) is 0 Å². The molecule has 20 heavy (non-hydrogen) atoms. The molecule has 1 saturated carbocycles. The molecule has 3 fully saturated rings. The number of rotatable bonds is 4. The fourth-order valence-electron chi connectivity index (χ4n) is 5.11. The highest BCUT2D eigenvalue weighted by Gasteiger charge is 2.47. The molecular weight excluding hydrogens is 246 g/mol. The van der Waals surface area contributed by atoms with Crippen molar-refractivity contribution in [2.24, 2.45) is 11.7 Å². The van der Waals surface area contributed by atoms with Crippen LogP contribution >= 0.6 is 0 Å². The summed E-state index contributed by atoms with van der Waals surface area (Å²) in [5.41, 5.74) is 6.63. The molecule has 3 nitrogen and oxygen atoms in total. The van der Waals surface area contributed by atoms with E-state index in [1.807, 2.05) is 0 Å². The van der Waals surface area contributed by atoms with E-state index in [0.29, 0.717) is 5.54 Å². The van der Waals surface area contributed by atoms with Crippen LogP contribution in [0.15, 0.2) is 0 Å². The van der Waals surface area contributed by atoms with Crippen LogP contribution in [0.4, 0.5) is 0 Å². The van der Waals surface area contributed by atoms with E-state index in [1.54, 1.807) is 0 Å². The third-order valence-corrected chi connectivity index (χ3v) is 6.33. The normalized spacial score (nSPS) is 35.1. The first kappa shape index (κ1) is 14.8. The molecule has 2 N–H and O–H groups in total. The van der Waals surface area contributed by atoms with Gasteiger partial charge in [0.2, 0.25) is 0 Å². The molecule has 2 atom stereocenters. The molecule has 0 aromatic heterocycles. The Bertz CT molecular complexity index is 309. The number of nitrogens with two attached hydrogens (primary N) is 1. The summed E-state index contributed by atoms with van der Waals surface area (Å²) in [5.74, 6) is 0.987. The van der Waals surface area contributed by atoms with Crippen LogP contribution in [0.2, 0.25) is 0 Å². The first-order valence-corrected chi connectivity index (χ1v) is 8.98. The van der Waals surface area contributed by atoms with Gasteiger partial charge in [0.05, 0.1) is 0 Å². The minimum atomic E-state index is 0.334. The number of hydrogen-bond acceptors (Lipinski definition) is 3. The Morgan fingerprint density at radius 2 is 1.80 bits per heavy atom. The Morgan fingerprint density at radius 3 is 2.50 bits per heavy atom. The first-order chi connectivity index (χ1) is 9.79. The van der Waals surface area contributed by atoms with Crippen LogP contribution in [0, 0.1) is 5.92 Å². The van der Waals surface area contributed by atoms with Gasteiger partial charge in [0, 0.05) is 18.1 Å². The maximum atomic E-state index is 6.30. The molecule has 2 heterocycles. The SMILES string of the molecule is CCCN1CCC(CN)(N2CCC3CCCCC32)CC1. The van der Waals surface area contributed by atoms with Gasteiger partial charge in [0.1, 0.15) is 0 Å². The summed E-state index contributed by atoms with van der Waals surface area (Å²) in [7, 11) is 0. The third kappa shape index (κ3) is 2.65. The third-order valence-electron chi connectivity index (χ3n) is 6.33. The summed E-state index contributed by atoms with van der Waals surface area (Å²) in [6, 6.07) is 0.866. The van der Waals surface area contributed by atoms with Crippen LogP contribution in [-0.2, 0) is 0 Å². The molecule has 116 valence electrons. The highest BCUT2D eigenvalue weighted by molar-refractivity contribution is 5.03. The molecule has 0 spiro atoms. The van der Waals surface area contributed by atoms with Crippen molar-refractivity contribution in [1.29, 1.82) is 0 Å². The monoisotopic (exact) mass is 279 g/mol. The van der Waals surface area contributed by atoms with E-state index >= 15 is 0 Å². The van der Waals surface area contributed by atoms with Crippen molar-refractivity contribution in [1.82, 2.24) is 9.80 Å². The van der Waals surface area contributed by atoms with Gasteiger partial charge >= 0.3 is 0 Å². The van der Waals surface area contributed by atoms with Crippen LogP contribution in [0.25, 0.3) is 0 Å². The fraction of sp³-hybridized carbons (Fsp3) is 1.00. The lowest BCUT2D eigenvalue weighted by atomic mass is 9.81. The van der Waals surface area contributed by atoms with Crippen molar-refractivity contribution >= 4 is 0 Å². The Balaban J connectivity index is 1.67. The van der Waals surface area contributed by atoms with Gasteiger partial charge in [-0.1, -0.05) is 19.8 Å². The van der Waals surface area contributed by atoms with Crippen LogP contribution in [-0.4, -0.2) is 54.1 Å². The zero-order chi connectivity index (χ0) is 14.0. The molecule has 0 amide bonds. The molecular formula is C17H33N3. The van der Waals surface area contributed by atoms with Gasteiger partial charge in [0.25, 0.3) is 0 Å². The van der Waals surface area contributed by atoms with Crippen LogP contribution in [0.3, 0.4) is 0 Å². The maximum Gasteiger partial charge on any atom is 0.0359 e. The Morgan fingerprint density at radius 1 is 1.05 bits per heavy atom. The summed E-state index contributed by atoms with van der Waals surface area (Å²) in [6.45, 7) is 8.28.